The molecule has 1 saturated heterocycles. The molecular formula is C8H16ClN3O. The van der Waals surface area contributed by atoms with Gasteiger partial charge in [-0.25, -0.2) is 0 Å². The molecule has 13 heavy (non-hydrogen) atoms. The number of rotatable bonds is 3. The van der Waals surface area contributed by atoms with E-state index in [0.717, 1.165) is 19.5 Å². The molecule has 0 aromatic carbocycles. The number of nitrogens with two attached hydrogens (primary N) is 1. The van der Waals surface area contributed by atoms with E-state index >= 15 is 0 Å². The van der Waals surface area contributed by atoms with Crippen LogP contribution in [0.2, 0.25) is 0 Å². The Morgan fingerprint density at radius 3 is 2.69 bits per heavy atom. The van der Waals surface area contributed by atoms with Gasteiger partial charge in [0.1, 0.15) is 0 Å². The molecule has 1 saturated carbocycles. The van der Waals surface area contributed by atoms with Crippen molar-refractivity contribution in [1.82, 2.24) is 10.6 Å². The second-order valence-electron chi connectivity index (χ2n) is 3.80. The summed E-state index contributed by atoms with van der Waals surface area (Å²) in [4.78, 5) is 11.4. The van der Waals surface area contributed by atoms with E-state index in [1.54, 1.807) is 0 Å². The van der Waals surface area contributed by atoms with Crippen molar-refractivity contribution in [2.75, 3.05) is 26.2 Å². The zero-order valence-electron chi connectivity index (χ0n) is 7.51. The van der Waals surface area contributed by atoms with Crippen molar-refractivity contribution in [3.8, 4) is 0 Å². The predicted molar refractivity (Wildman–Crippen MR) is 52.7 cm³/mol. The highest BCUT2D eigenvalue weighted by Gasteiger charge is 2.61. The highest BCUT2D eigenvalue weighted by molar-refractivity contribution is 5.85. The molecule has 4 N–H and O–H groups in total. The van der Waals surface area contributed by atoms with E-state index in [1.165, 1.54) is 0 Å². The molecule has 5 heteroatoms. The van der Waals surface area contributed by atoms with Crippen LogP contribution in [0.1, 0.15) is 6.42 Å². The summed E-state index contributed by atoms with van der Waals surface area (Å²) in [6, 6.07) is 0. The van der Waals surface area contributed by atoms with Gasteiger partial charge in [0.15, 0.2) is 0 Å². The summed E-state index contributed by atoms with van der Waals surface area (Å²) in [5, 5.41) is 6.03. The molecule has 1 aliphatic heterocycles. The van der Waals surface area contributed by atoms with Crippen LogP contribution in [0.3, 0.4) is 0 Å². The Morgan fingerprint density at radius 2 is 2.31 bits per heavy atom. The molecule has 4 nitrogen and oxygen atoms in total. The Balaban J connectivity index is 0.000000845. The summed E-state index contributed by atoms with van der Waals surface area (Å²) < 4.78 is 0. The maximum atomic E-state index is 11.4. The molecule has 1 spiro atoms. The molecule has 2 fully saturated rings. The van der Waals surface area contributed by atoms with Crippen molar-refractivity contribution >= 4 is 18.3 Å². The highest BCUT2D eigenvalue weighted by atomic mass is 35.5. The lowest BCUT2D eigenvalue weighted by Gasteiger charge is -2.28. The summed E-state index contributed by atoms with van der Waals surface area (Å²) in [5.74, 6) is 0.465. The number of hydrogen-bond acceptors (Lipinski definition) is 3. The molecule has 2 aliphatic rings. The predicted octanol–water partition coefficient (Wildman–Crippen LogP) is -0.907. The number of nitrogens with one attached hydrogen (secondary N) is 2. The molecule has 1 atom stereocenters. The van der Waals surface area contributed by atoms with Gasteiger partial charge >= 0.3 is 0 Å². The van der Waals surface area contributed by atoms with Crippen LogP contribution in [0, 0.1) is 11.3 Å². The van der Waals surface area contributed by atoms with E-state index in [-0.39, 0.29) is 24.2 Å². The van der Waals surface area contributed by atoms with Crippen LogP contribution in [0.5, 0.6) is 0 Å². The SMILES string of the molecule is Cl.NCCNC(=O)C1CC12CNC2. The van der Waals surface area contributed by atoms with Gasteiger partial charge in [0.25, 0.3) is 0 Å². The lowest BCUT2D eigenvalue weighted by molar-refractivity contribution is -0.123. The zero-order valence-corrected chi connectivity index (χ0v) is 8.32. The Kier molecular flexibility index (Phi) is 3.16. The van der Waals surface area contributed by atoms with Crippen molar-refractivity contribution in [3.05, 3.63) is 0 Å². The maximum absolute atomic E-state index is 11.4. The first-order valence-electron chi connectivity index (χ1n) is 4.47. The first-order valence-corrected chi connectivity index (χ1v) is 4.47. The lowest BCUT2D eigenvalue weighted by Crippen LogP contribution is -2.47. The molecule has 0 bridgehead atoms. The molecule has 2 rings (SSSR count). The third-order valence-corrected chi connectivity index (χ3v) is 2.90. The fourth-order valence-electron chi connectivity index (χ4n) is 1.87. The maximum Gasteiger partial charge on any atom is 0.223 e. The number of carbonyl (C=O) groups excluding carboxylic acids is 1. The first-order chi connectivity index (χ1) is 5.78. The Bertz CT molecular complexity index is 206. The lowest BCUT2D eigenvalue weighted by atomic mass is 9.96. The fourth-order valence-corrected chi connectivity index (χ4v) is 1.87. The minimum Gasteiger partial charge on any atom is -0.355 e. The molecule has 0 aromatic heterocycles. The topological polar surface area (TPSA) is 67.1 Å². The summed E-state index contributed by atoms with van der Waals surface area (Å²) in [6.07, 6.45) is 1.07. The average Bonchev–Trinajstić information content (AvgIpc) is 2.73. The number of amides is 1. The number of halogens is 1. The van der Waals surface area contributed by atoms with Crippen LogP contribution in [0.4, 0.5) is 0 Å². The standard InChI is InChI=1S/C8H15N3O.ClH/c9-1-2-11-7(12)6-3-8(6)4-10-5-8;/h6,10H,1-5,9H2,(H,11,12);1H. The number of hydrogen-bond donors (Lipinski definition) is 3. The summed E-state index contributed by atoms with van der Waals surface area (Å²) in [6.45, 7) is 3.18. The van der Waals surface area contributed by atoms with Crippen LogP contribution in [-0.2, 0) is 4.79 Å². The average molecular weight is 206 g/mol. The van der Waals surface area contributed by atoms with Gasteiger partial charge in [-0.3, -0.25) is 4.79 Å². The van der Waals surface area contributed by atoms with Gasteiger partial charge in [-0.15, -0.1) is 12.4 Å². The van der Waals surface area contributed by atoms with Crippen LogP contribution < -0.4 is 16.4 Å². The van der Waals surface area contributed by atoms with Gasteiger partial charge in [-0.1, -0.05) is 0 Å². The Morgan fingerprint density at radius 1 is 1.62 bits per heavy atom. The van der Waals surface area contributed by atoms with Crippen LogP contribution in [-0.4, -0.2) is 32.1 Å². The summed E-state index contributed by atoms with van der Waals surface area (Å²) in [5.41, 5.74) is 5.63. The smallest absolute Gasteiger partial charge is 0.223 e. The van der Waals surface area contributed by atoms with Gasteiger partial charge in [0, 0.05) is 37.5 Å². The van der Waals surface area contributed by atoms with Crippen molar-refractivity contribution in [2.45, 2.75) is 6.42 Å². The monoisotopic (exact) mass is 205 g/mol. The third kappa shape index (κ3) is 1.80. The van der Waals surface area contributed by atoms with E-state index in [0.29, 0.717) is 18.5 Å². The normalized spacial score (nSPS) is 27.3. The minimum absolute atomic E-state index is 0. The molecule has 0 radical (unpaired) electrons. The molecule has 1 unspecified atom stereocenters. The van der Waals surface area contributed by atoms with Crippen molar-refractivity contribution in [2.24, 2.45) is 17.1 Å². The molecule has 1 heterocycles. The summed E-state index contributed by atoms with van der Waals surface area (Å²) in [7, 11) is 0. The Labute approximate surface area is 84.0 Å². The van der Waals surface area contributed by atoms with E-state index in [2.05, 4.69) is 10.6 Å². The summed E-state index contributed by atoms with van der Waals surface area (Å²) >= 11 is 0. The van der Waals surface area contributed by atoms with Crippen molar-refractivity contribution in [3.63, 3.8) is 0 Å². The Hall–Kier alpha value is -0.320. The molecule has 0 aromatic rings. The van der Waals surface area contributed by atoms with Gasteiger partial charge in [-0.05, 0) is 6.42 Å². The minimum atomic E-state index is 0. The zero-order chi connectivity index (χ0) is 8.60. The van der Waals surface area contributed by atoms with E-state index < -0.39 is 0 Å². The molecule has 76 valence electrons. The largest absolute Gasteiger partial charge is 0.355 e. The van der Waals surface area contributed by atoms with Gasteiger partial charge in [0.2, 0.25) is 5.91 Å². The van der Waals surface area contributed by atoms with Crippen molar-refractivity contribution < 1.29 is 4.79 Å². The van der Waals surface area contributed by atoms with E-state index in [4.69, 9.17) is 5.73 Å². The first kappa shape index (κ1) is 10.8. The third-order valence-electron chi connectivity index (χ3n) is 2.90. The van der Waals surface area contributed by atoms with Gasteiger partial charge in [0.05, 0.1) is 0 Å². The van der Waals surface area contributed by atoms with Crippen LogP contribution in [0.25, 0.3) is 0 Å². The molecule has 1 amide bonds. The van der Waals surface area contributed by atoms with Crippen molar-refractivity contribution in [1.29, 1.82) is 0 Å². The number of carbonyl (C=O) groups is 1. The highest BCUT2D eigenvalue weighted by Crippen LogP contribution is 2.55. The second kappa shape index (κ2) is 3.82. The van der Waals surface area contributed by atoms with Crippen LogP contribution in [0.15, 0.2) is 0 Å². The molecule has 1 aliphatic carbocycles. The van der Waals surface area contributed by atoms with Gasteiger partial charge in [-0.2, -0.15) is 0 Å². The van der Waals surface area contributed by atoms with Gasteiger partial charge < -0.3 is 16.4 Å². The molecular weight excluding hydrogens is 190 g/mol. The van der Waals surface area contributed by atoms with E-state index in [9.17, 15) is 4.79 Å². The van der Waals surface area contributed by atoms with Crippen LogP contribution >= 0.6 is 12.4 Å². The second-order valence-corrected chi connectivity index (χ2v) is 3.80. The quantitative estimate of drug-likeness (QED) is 0.559. The fraction of sp³-hybridized carbons (Fsp3) is 0.875. The van der Waals surface area contributed by atoms with E-state index in [1.807, 2.05) is 0 Å².